The van der Waals surface area contributed by atoms with Crippen LogP contribution in [0.5, 0.6) is 0 Å². The molecule has 160 valence electrons. The van der Waals surface area contributed by atoms with Gasteiger partial charge in [-0.2, -0.15) is 0 Å². The zero-order chi connectivity index (χ0) is 19.9. The number of hydrogen-bond donors (Lipinski definition) is 0. The Labute approximate surface area is 171 Å². The van der Waals surface area contributed by atoms with Crippen LogP contribution in [0.25, 0.3) is 0 Å². The van der Waals surface area contributed by atoms with Crippen molar-refractivity contribution < 1.29 is 0 Å². The van der Waals surface area contributed by atoms with Gasteiger partial charge in [-0.25, -0.2) is 0 Å². The van der Waals surface area contributed by atoms with Gasteiger partial charge in [0, 0.05) is 19.1 Å². The smallest absolute Gasteiger partial charge is 0.0235 e. The summed E-state index contributed by atoms with van der Waals surface area (Å²) < 4.78 is 0. The Balaban J connectivity index is 0.00000126. The first kappa shape index (κ1) is 23.2. The predicted molar refractivity (Wildman–Crippen MR) is 120 cm³/mol. The zero-order valence-corrected chi connectivity index (χ0v) is 19.7. The highest BCUT2D eigenvalue weighted by Gasteiger charge is 2.45. The minimum atomic E-state index is 0.688. The lowest BCUT2D eigenvalue weighted by Crippen LogP contribution is -2.46. The SMILES string of the molecule is CC.CCCC1(CCC)CCN(C2CCN(CC3(CC(C)C)CC3)C2)CC1. The van der Waals surface area contributed by atoms with Crippen LogP contribution in [0.1, 0.15) is 106 Å². The maximum Gasteiger partial charge on any atom is 0.0235 e. The molecule has 0 spiro atoms. The summed E-state index contributed by atoms with van der Waals surface area (Å²) in [6, 6.07) is 0.858. The van der Waals surface area contributed by atoms with Crippen LogP contribution in [0.3, 0.4) is 0 Å². The van der Waals surface area contributed by atoms with Gasteiger partial charge in [-0.15, -0.1) is 0 Å². The minimum absolute atomic E-state index is 0.688. The van der Waals surface area contributed by atoms with Crippen LogP contribution in [0, 0.1) is 16.7 Å². The van der Waals surface area contributed by atoms with Crippen molar-refractivity contribution in [1.82, 2.24) is 9.80 Å². The van der Waals surface area contributed by atoms with E-state index in [-0.39, 0.29) is 0 Å². The van der Waals surface area contributed by atoms with Gasteiger partial charge in [-0.3, -0.25) is 4.90 Å². The van der Waals surface area contributed by atoms with Crippen molar-refractivity contribution in [3.8, 4) is 0 Å². The average molecular weight is 379 g/mol. The molecule has 0 radical (unpaired) electrons. The van der Waals surface area contributed by atoms with Gasteiger partial charge in [0.15, 0.2) is 0 Å². The molecule has 2 nitrogen and oxygen atoms in total. The number of rotatable bonds is 9. The van der Waals surface area contributed by atoms with Crippen molar-refractivity contribution in [2.24, 2.45) is 16.7 Å². The summed E-state index contributed by atoms with van der Waals surface area (Å²) in [7, 11) is 0. The van der Waals surface area contributed by atoms with Crippen LogP contribution in [0.4, 0.5) is 0 Å². The summed E-state index contributed by atoms with van der Waals surface area (Å²) in [6.45, 7) is 20.4. The fourth-order valence-electron chi connectivity index (χ4n) is 6.25. The standard InChI is InChI=1S/C23H44N2.C2H6/c1-5-8-22(9-6-2)12-15-25(16-13-22)21-7-14-24(18-21)19-23(10-11-23)17-20(3)4;1-2/h20-21H,5-19H2,1-4H3;1-2H3. The van der Waals surface area contributed by atoms with Gasteiger partial charge < -0.3 is 4.90 Å². The number of hydrogen-bond acceptors (Lipinski definition) is 2. The van der Waals surface area contributed by atoms with E-state index in [9.17, 15) is 0 Å². The quantitative estimate of drug-likeness (QED) is 0.446. The Kier molecular flexibility index (Phi) is 9.13. The van der Waals surface area contributed by atoms with E-state index in [2.05, 4.69) is 37.5 Å². The van der Waals surface area contributed by atoms with Crippen molar-refractivity contribution in [3.63, 3.8) is 0 Å². The summed E-state index contributed by atoms with van der Waals surface area (Å²) in [6.07, 6.45) is 14.4. The summed E-state index contributed by atoms with van der Waals surface area (Å²) in [5.74, 6) is 0.869. The van der Waals surface area contributed by atoms with E-state index in [0.717, 1.165) is 12.0 Å². The molecule has 27 heavy (non-hydrogen) atoms. The molecule has 0 N–H and O–H groups in total. The second-order valence-electron chi connectivity index (χ2n) is 10.3. The van der Waals surface area contributed by atoms with Gasteiger partial charge in [0.25, 0.3) is 0 Å². The number of nitrogens with zero attached hydrogens (tertiary/aromatic N) is 2. The topological polar surface area (TPSA) is 6.48 Å². The Bertz CT molecular complexity index is 397. The van der Waals surface area contributed by atoms with Crippen molar-refractivity contribution >= 4 is 0 Å². The summed E-state index contributed by atoms with van der Waals surface area (Å²) in [4.78, 5) is 5.69. The molecule has 2 heteroatoms. The largest absolute Gasteiger partial charge is 0.301 e. The van der Waals surface area contributed by atoms with Gasteiger partial charge in [0.2, 0.25) is 0 Å². The van der Waals surface area contributed by atoms with Gasteiger partial charge in [-0.05, 0) is 87.7 Å². The zero-order valence-electron chi connectivity index (χ0n) is 19.7. The van der Waals surface area contributed by atoms with Crippen LogP contribution in [0.2, 0.25) is 0 Å². The molecule has 0 aromatic carbocycles. The number of piperidine rings is 1. The van der Waals surface area contributed by atoms with Crippen molar-refractivity contribution in [3.05, 3.63) is 0 Å². The third-order valence-electron chi connectivity index (χ3n) is 7.54. The van der Waals surface area contributed by atoms with Crippen LogP contribution < -0.4 is 0 Å². The Morgan fingerprint density at radius 3 is 1.93 bits per heavy atom. The molecule has 2 aliphatic heterocycles. The molecule has 3 rings (SSSR count). The monoisotopic (exact) mass is 378 g/mol. The van der Waals surface area contributed by atoms with E-state index in [1.807, 2.05) is 13.8 Å². The lowest BCUT2D eigenvalue weighted by Gasteiger charge is -2.44. The Hall–Kier alpha value is -0.0800. The molecule has 0 aromatic rings. The molecule has 1 atom stereocenters. The Morgan fingerprint density at radius 2 is 1.44 bits per heavy atom. The Morgan fingerprint density at radius 1 is 0.852 bits per heavy atom. The molecule has 2 heterocycles. The molecule has 0 bridgehead atoms. The van der Waals surface area contributed by atoms with Crippen molar-refractivity contribution in [2.45, 2.75) is 112 Å². The molecular formula is C25H50N2. The molecule has 3 aliphatic rings. The van der Waals surface area contributed by atoms with Crippen molar-refractivity contribution in [2.75, 3.05) is 32.7 Å². The molecule has 0 aromatic heterocycles. The van der Waals surface area contributed by atoms with Crippen LogP contribution >= 0.6 is 0 Å². The first-order valence-corrected chi connectivity index (χ1v) is 12.5. The lowest BCUT2D eigenvalue weighted by atomic mass is 9.71. The third-order valence-corrected chi connectivity index (χ3v) is 7.54. The number of likely N-dealkylation sites (tertiary alicyclic amines) is 2. The highest BCUT2D eigenvalue weighted by molar-refractivity contribution is 4.98. The fourth-order valence-corrected chi connectivity index (χ4v) is 6.25. The molecule has 3 fully saturated rings. The van der Waals surface area contributed by atoms with E-state index in [1.54, 1.807) is 0 Å². The molecule has 2 saturated heterocycles. The van der Waals surface area contributed by atoms with Crippen molar-refractivity contribution in [1.29, 1.82) is 0 Å². The second kappa shape index (κ2) is 10.6. The van der Waals surface area contributed by atoms with Crippen LogP contribution in [-0.2, 0) is 0 Å². The maximum absolute atomic E-state index is 2.87. The van der Waals surface area contributed by atoms with Gasteiger partial charge in [0.1, 0.15) is 0 Å². The lowest BCUT2D eigenvalue weighted by molar-refractivity contribution is 0.0593. The van der Waals surface area contributed by atoms with Crippen LogP contribution in [-0.4, -0.2) is 48.6 Å². The second-order valence-corrected chi connectivity index (χ2v) is 10.3. The van der Waals surface area contributed by atoms with Gasteiger partial charge in [-0.1, -0.05) is 54.4 Å². The summed E-state index contributed by atoms with van der Waals surface area (Å²) >= 11 is 0. The van der Waals surface area contributed by atoms with E-state index >= 15 is 0 Å². The summed E-state index contributed by atoms with van der Waals surface area (Å²) in [5, 5.41) is 0. The molecule has 1 unspecified atom stereocenters. The van der Waals surface area contributed by atoms with E-state index in [0.29, 0.717) is 10.8 Å². The predicted octanol–water partition coefficient (Wildman–Crippen LogP) is 6.60. The molecule has 1 saturated carbocycles. The van der Waals surface area contributed by atoms with E-state index in [1.165, 1.54) is 96.9 Å². The van der Waals surface area contributed by atoms with E-state index < -0.39 is 0 Å². The molecule has 1 aliphatic carbocycles. The van der Waals surface area contributed by atoms with Crippen LogP contribution in [0.15, 0.2) is 0 Å². The highest BCUT2D eigenvalue weighted by Crippen LogP contribution is 2.51. The average Bonchev–Trinajstić information content (AvgIpc) is 3.22. The third kappa shape index (κ3) is 6.46. The van der Waals surface area contributed by atoms with Gasteiger partial charge >= 0.3 is 0 Å². The fraction of sp³-hybridized carbons (Fsp3) is 1.00. The maximum atomic E-state index is 2.87. The highest BCUT2D eigenvalue weighted by atomic mass is 15.3. The molecular weight excluding hydrogens is 328 g/mol. The first-order valence-electron chi connectivity index (χ1n) is 12.5. The minimum Gasteiger partial charge on any atom is -0.301 e. The van der Waals surface area contributed by atoms with E-state index in [4.69, 9.17) is 0 Å². The van der Waals surface area contributed by atoms with Gasteiger partial charge in [0.05, 0.1) is 0 Å². The first-order chi connectivity index (χ1) is 13.0. The normalized spacial score (nSPS) is 27.4. The molecule has 0 amide bonds. The summed E-state index contributed by atoms with van der Waals surface area (Å²) in [5.41, 5.74) is 1.40.